The van der Waals surface area contributed by atoms with E-state index >= 15 is 0 Å². The van der Waals surface area contributed by atoms with Crippen molar-refractivity contribution in [3.8, 4) is 0 Å². The van der Waals surface area contributed by atoms with Crippen LogP contribution in [0.1, 0.15) is 156 Å². The molecule has 29 heteroatoms. The molecule has 2 fully saturated rings. The van der Waals surface area contributed by atoms with Crippen LogP contribution in [-0.4, -0.2) is 302 Å². The van der Waals surface area contributed by atoms with Crippen LogP contribution in [-0.2, 0) is 100.0 Å². The van der Waals surface area contributed by atoms with Crippen molar-refractivity contribution < 1.29 is 100.0 Å². The van der Waals surface area contributed by atoms with E-state index in [2.05, 4.69) is 32.7 Å². The number of nitrogens with one attached hydrogen (secondary N) is 3. The number of primary amides is 1. The molecule has 28 nitrogen and oxygen atoms in total. The van der Waals surface area contributed by atoms with Crippen LogP contribution in [0.25, 0.3) is 0 Å². The Balaban J connectivity index is 1.22. The zero-order chi connectivity index (χ0) is 71.9. The fourth-order valence-corrected chi connectivity index (χ4v) is 11.3. The molecule has 0 aromatic carbocycles. The number of carbonyl (C=O) groups is 9. The minimum atomic E-state index is -0.697. The highest BCUT2D eigenvalue weighted by Gasteiger charge is 2.38. The molecular weight excluding hydrogens is 1310 g/mol. The summed E-state index contributed by atoms with van der Waals surface area (Å²) in [6.07, 6.45) is 15.4. The fraction of sp³-hybridized carbons (Fsp3) is 0.871. The highest BCUT2D eigenvalue weighted by atomic mass is 32.2. The summed E-state index contributed by atoms with van der Waals surface area (Å²) in [6.45, 7) is 20.7. The number of nitrogens with two attached hydrogens (primary N) is 1. The molecule has 2 aliphatic heterocycles. The first kappa shape index (κ1) is 90.9. The average Bonchev–Trinajstić information content (AvgIpc) is 1.71. The highest BCUT2D eigenvalue weighted by Crippen LogP contribution is 2.25. The number of Topliss-reactive ketones (excluding diaryl/α,β-unsaturated/α-hetero) is 3. The first-order valence-electron chi connectivity index (χ1n) is 36.7. The fourth-order valence-electron chi connectivity index (χ4n) is 10.3. The minimum absolute atomic E-state index is 0.0382. The molecule has 0 aromatic rings. The molecule has 0 saturated carbocycles. The van der Waals surface area contributed by atoms with Gasteiger partial charge in [0.25, 0.3) is 0 Å². The maximum atomic E-state index is 13.0. The lowest BCUT2D eigenvalue weighted by molar-refractivity contribution is -0.138. The lowest BCUT2D eigenvalue weighted by atomic mass is 9.98. The molecule has 1 unspecified atom stereocenters. The second kappa shape index (κ2) is 64.6. The summed E-state index contributed by atoms with van der Waals surface area (Å²) in [7, 11) is 0. The number of carbonyl (C=O) groups excluding carboxylic acids is 9. The van der Waals surface area contributed by atoms with E-state index in [-0.39, 0.29) is 98.2 Å². The van der Waals surface area contributed by atoms with Gasteiger partial charge in [-0.1, -0.05) is 65.2 Å². The summed E-state index contributed by atoms with van der Waals surface area (Å²) in [4.78, 5) is 116. The molecule has 2 heterocycles. The van der Waals surface area contributed by atoms with Gasteiger partial charge in [0.1, 0.15) is 23.4 Å². The average molecular weight is 1430 g/mol. The van der Waals surface area contributed by atoms with Crippen molar-refractivity contribution in [2.45, 2.75) is 167 Å². The summed E-state index contributed by atoms with van der Waals surface area (Å²) < 4.78 is 66.4. The quantitative estimate of drug-likeness (QED) is 0.0493. The van der Waals surface area contributed by atoms with E-state index in [9.17, 15) is 43.2 Å². The van der Waals surface area contributed by atoms with Crippen molar-refractivity contribution in [2.75, 3.05) is 223 Å². The number of likely N-dealkylation sites (tertiary alicyclic amines) is 1. The van der Waals surface area contributed by atoms with Crippen LogP contribution in [0, 0.1) is 5.92 Å². The van der Waals surface area contributed by atoms with E-state index in [0.29, 0.717) is 216 Å². The summed E-state index contributed by atoms with van der Waals surface area (Å²) in [5, 5.41) is 8.02. The van der Waals surface area contributed by atoms with Crippen molar-refractivity contribution in [1.29, 1.82) is 0 Å². The van der Waals surface area contributed by atoms with Crippen molar-refractivity contribution >= 4 is 64.6 Å². The van der Waals surface area contributed by atoms with Crippen molar-refractivity contribution in [3.05, 3.63) is 0 Å². The lowest BCUT2D eigenvalue weighted by Gasteiger charge is -2.34. The summed E-state index contributed by atoms with van der Waals surface area (Å²) >= 11 is 1.34. The van der Waals surface area contributed by atoms with Gasteiger partial charge in [-0.15, -0.1) is 11.8 Å². The van der Waals surface area contributed by atoms with E-state index in [1.807, 2.05) is 0 Å². The molecular formula is C70H127N7O21S. The van der Waals surface area contributed by atoms with E-state index in [4.69, 9.17) is 62.6 Å². The Labute approximate surface area is 594 Å². The van der Waals surface area contributed by atoms with Gasteiger partial charge in [-0.3, -0.25) is 53.0 Å². The normalized spacial score (nSPS) is 15.0. The third-order valence-electron chi connectivity index (χ3n) is 16.3. The number of ether oxygens (including phenoxy) is 12. The molecule has 2 aliphatic rings. The molecule has 0 radical (unpaired) electrons. The van der Waals surface area contributed by atoms with Crippen LogP contribution in [0.2, 0.25) is 0 Å². The first-order valence-corrected chi connectivity index (χ1v) is 37.7. The molecule has 2 saturated heterocycles. The molecule has 0 aliphatic carbocycles. The van der Waals surface area contributed by atoms with Crippen LogP contribution >= 0.6 is 11.8 Å². The molecule has 2 rings (SSSR count). The molecule has 0 spiro atoms. The maximum Gasteiger partial charge on any atom is 0.242 e. The molecule has 0 bridgehead atoms. The topological polar surface area (TPSA) is 336 Å². The van der Waals surface area contributed by atoms with Crippen molar-refractivity contribution in [3.63, 3.8) is 0 Å². The van der Waals surface area contributed by atoms with Gasteiger partial charge in [0.05, 0.1) is 164 Å². The monoisotopic (exact) mass is 1430 g/mol. The van der Waals surface area contributed by atoms with Gasteiger partial charge in [-0.25, -0.2) is 0 Å². The maximum absolute atomic E-state index is 13.0. The first-order chi connectivity index (χ1) is 48.2. The molecule has 5 N–H and O–H groups in total. The van der Waals surface area contributed by atoms with Crippen LogP contribution < -0.4 is 21.7 Å². The molecule has 6 amide bonds. The van der Waals surface area contributed by atoms with Crippen LogP contribution in [0.15, 0.2) is 0 Å². The second-order valence-corrected chi connectivity index (χ2v) is 26.0. The van der Waals surface area contributed by atoms with Gasteiger partial charge >= 0.3 is 0 Å². The van der Waals surface area contributed by atoms with Gasteiger partial charge in [0.15, 0.2) is 0 Å². The Morgan fingerprint density at radius 1 is 0.465 bits per heavy atom. The summed E-state index contributed by atoms with van der Waals surface area (Å²) in [5.74, 6) is -1.08. The minimum Gasteiger partial charge on any atom is -0.379 e. The Morgan fingerprint density at radius 2 is 0.909 bits per heavy atom. The third-order valence-corrected chi connectivity index (χ3v) is 17.5. The molecule has 3 atom stereocenters. The van der Waals surface area contributed by atoms with Crippen molar-refractivity contribution in [2.24, 2.45) is 11.7 Å². The Kier molecular flexibility index (Phi) is 59.4. The van der Waals surface area contributed by atoms with Crippen LogP contribution in [0.4, 0.5) is 0 Å². The van der Waals surface area contributed by atoms with Crippen LogP contribution in [0.3, 0.4) is 0 Å². The second-order valence-electron chi connectivity index (χ2n) is 24.7. The Morgan fingerprint density at radius 3 is 1.39 bits per heavy atom. The number of nitrogens with zero attached hydrogens (tertiary/aromatic N) is 3. The number of hydrogen-bond donors (Lipinski definition) is 4. The molecule has 0 aromatic heterocycles. The van der Waals surface area contributed by atoms with E-state index in [0.717, 1.165) is 58.4 Å². The molecule has 99 heavy (non-hydrogen) atoms. The highest BCUT2D eigenvalue weighted by molar-refractivity contribution is 8.00. The van der Waals surface area contributed by atoms with Crippen molar-refractivity contribution in [1.82, 2.24) is 30.7 Å². The number of hydrogen-bond acceptors (Lipinski definition) is 24. The predicted molar refractivity (Wildman–Crippen MR) is 375 cm³/mol. The number of unbranched alkanes of at least 4 members (excludes halogenated alkanes) is 9. The lowest BCUT2D eigenvalue weighted by Crippen LogP contribution is -2.49. The molecule has 574 valence electrons. The number of thioether (sulfide) groups is 1. The van der Waals surface area contributed by atoms with Gasteiger partial charge in [-0.2, -0.15) is 0 Å². The van der Waals surface area contributed by atoms with E-state index in [1.165, 1.54) is 62.1 Å². The van der Waals surface area contributed by atoms with Gasteiger partial charge in [0, 0.05) is 109 Å². The number of rotatable bonds is 73. The van der Waals surface area contributed by atoms with E-state index < -0.39 is 17.2 Å². The van der Waals surface area contributed by atoms with Gasteiger partial charge in [-0.05, 0) is 52.0 Å². The van der Waals surface area contributed by atoms with E-state index in [1.54, 1.807) is 6.92 Å². The Bertz CT molecular complexity index is 2120. The number of amides is 6. The Hall–Kier alpha value is -4.18. The predicted octanol–water partition coefficient (Wildman–Crippen LogP) is 4.05. The SMILES string of the molecule is CCCCCCCCCCCC(=O)N[C@@H](CCCCNC(=O)CCOCCOCCOCCOCCOCCOCCOCCOCCOCCOCCOCCOCCCC(=O)CCN1C(=O)CC(SCCNC(=O)CN2CCN(CCCC(=O)C[C@@H](C)C(C)=O)CC2)C1=O)C(N)=O. The smallest absolute Gasteiger partial charge is 0.242 e. The largest absolute Gasteiger partial charge is 0.379 e. The summed E-state index contributed by atoms with van der Waals surface area (Å²) in [6, 6.07) is -0.697. The zero-order valence-electron chi connectivity index (χ0n) is 60.5. The summed E-state index contributed by atoms with van der Waals surface area (Å²) in [5.41, 5.74) is 5.53. The standard InChI is InChI=1S/C70H127N7O21S/c1-4-5-6-7-8-9-10-11-12-20-66(82)74-63(69(71)85)19-13-14-23-72-65(81)22-32-88-34-36-90-38-40-92-42-44-94-46-48-96-50-52-98-54-53-97-51-49-95-47-45-93-43-41-91-39-37-89-35-33-87-31-16-18-61(79)21-26-77-68(84)57-64(70(77)86)99-55-24-73-67(83)58-76-29-27-75(28-30-76)25-15-17-62(80)56-59(2)60(3)78/h59,63-64H,4-58H2,1-3H3,(H2,71,85)(H,72,81)(H,73,83)(H,74,82)/t59-,63+,64?/m1/s1. The zero-order valence-corrected chi connectivity index (χ0v) is 61.3. The third kappa shape index (κ3) is 54.2. The van der Waals surface area contributed by atoms with Gasteiger partial charge in [0.2, 0.25) is 35.4 Å². The number of piperazine rings is 1. The number of ketones is 3. The van der Waals surface area contributed by atoms with Crippen LogP contribution in [0.5, 0.6) is 0 Å². The number of imide groups is 1. The van der Waals surface area contributed by atoms with Gasteiger partial charge < -0.3 is 83.4 Å².